The highest BCUT2D eigenvalue weighted by Gasteiger charge is 2.39. The number of amides is 1. The van der Waals surface area contributed by atoms with Gasteiger partial charge in [0, 0.05) is 11.5 Å². The minimum atomic E-state index is -0.462. The molecule has 0 heterocycles. The summed E-state index contributed by atoms with van der Waals surface area (Å²) >= 11 is 0. The molecule has 74 valence electrons. The molecule has 0 radical (unpaired) electrons. The molecule has 1 rings (SSSR count). The van der Waals surface area contributed by atoms with Gasteiger partial charge in [0.2, 0.25) is 0 Å². The Morgan fingerprint density at radius 3 is 2.92 bits per heavy atom. The number of hydrogen-bond donors (Lipinski definition) is 1. The Balaban J connectivity index is 2.63. The Morgan fingerprint density at radius 2 is 2.38 bits per heavy atom. The molecule has 1 N–H and O–H groups in total. The zero-order chi connectivity index (χ0) is 9.90. The lowest BCUT2D eigenvalue weighted by Gasteiger charge is -2.28. The summed E-state index contributed by atoms with van der Waals surface area (Å²) in [4.78, 5) is 21.7. The molecule has 0 aromatic heterocycles. The number of methoxy groups -OCH3 is 1. The van der Waals surface area contributed by atoms with Gasteiger partial charge in [0.1, 0.15) is 6.29 Å². The molecule has 13 heavy (non-hydrogen) atoms. The molecule has 1 fully saturated rings. The first-order chi connectivity index (χ1) is 6.12. The molecule has 2 atom stereocenters. The van der Waals surface area contributed by atoms with Crippen LogP contribution in [0.25, 0.3) is 0 Å². The van der Waals surface area contributed by atoms with Crippen LogP contribution in [0.5, 0.6) is 0 Å². The van der Waals surface area contributed by atoms with E-state index in [-0.39, 0.29) is 5.92 Å². The van der Waals surface area contributed by atoms with Crippen LogP contribution in [0.4, 0.5) is 4.79 Å². The lowest BCUT2D eigenvalue weighted by Crippen LogP contribution is -2.49. The molecule has 1 aliphatic carbocycles. The summed E-state index contributed by atoms with van der Waals surface area (Å²) in [6, 6.07) is 0. The molecule has 0 saturated heterocycles. The van der Waals surface area contributed by atoms with E-state index in [2.05, 4.69) is 10.1 Å². The van der Waals surface area contributed by atoms with Gasteiger partial charge in [-0.25, -0.2) is 4.79 Å². The monoisotopic (exact) mass is 185 g/mol. The van der Waals surface area contributed by atoms with Crippen LogP contribution in [0, 0.1) is 5.92 Å². The number of alkyl carbamates (subject to hydrolysis) is 1. The summed E-state index contributed by atoms with van der Waals surface area (Å²) in [6.07, 6.45) is 3.12. The van der Waals surface area contributed by atoms with Gasteiger partial charge in [-0.2, -0.15) is 0 Å². The molecule has 0 spiro atoms. The van der Waals surface area contributed by atoms with Gasteiger partial charge in [0.05, 0.1) is 7.11 Å². The smallest absolute Gasteiger partial charge is 0.407 e. The number of nitrogens with one attached hydrogen (secondary N) is 1. The Kier molecular flexibility index (Phi) is 2.90. The van der Waals surface area contributed by atoms with Crippen molar-refractivity contribution in [1.29, 1.82) is 0 Å². The van der Waals surface area contributed by atoms with Crippen LogP contribution in [0.1, 0.15) is 26.2 Å². The van der Waals surface area contributed by atoms with Crippen molar-refractivity contribution in [2.75, 3.05) is 7.11 Å². The predicted molar refractivity (Wildman–Crippen MR) is 47.4 cm³/mol. The average molecular weight is 185 g/mol. The summed E-state index contributed by atoms with van der Waals surface area (Å²) < 4.78 is 4.50. The van der Waals surface area contributed by atoms with Gasteiger partial charge in [-0.3, -0.25) is 0 Å². The van der Waals surface area contributed by atoms with E-state index in [1.165, 1.54) is 7.11 Å². The van der Waals surface area contributed by atoms with E-state index in [1.54, 1.807) is 0 Å². The Hall–Kier alpha value is -1.06. The van der Waals surface area contributed by atoms with Crippen LogP contribution >= 0.6 is 0 Å². The maximum Gasteiger partial charge on any atom is 0.407 e. The van der Waals surface area contributed by atoms with Gasteiger partial charge in [-0.15, -0.1) is 0 Å². The second-order valence-electron chi connectivity index (χ2n) is 3.67. The van der Waals surface area contributed by atoms with Crippen molar-refractivity contribution >= 4 is 12.4 Å². The fraction of sp³-hybridized carbons (Fsp3) is 0.778. The number of carbonyl (C=O) groups is 2. The maximum absolute atomic E-state index is 11.0. The fourth-order valence-electron chi connectivity index (χ4n) is 1.85. The molecule has 0 aliphatic heterocycles. The Labute approximate surface area is 77.6 Å². The highest BCUT2D eigenvalue weighted by Crippen LogP contribution is 2.33. The van der Waals surface area contributed by atoms with Crippen molar-refractivity contribution < 1.29 is 14.3 Å². The Morgan fingerprint density at radius 1 is 1.69 bits per heavy atom. The van der Waals surface area contributed by atoms with Gasteiger partial charge < -0.3 is 14.8 Å². The van der Waals surface area contributed by atoms with Crippen molar-refractivity contribution in [3.8, 4) is 0 Å². The molecular formula is C9H15NO3. The molecule has 4 heteroatoms. The normalized spacial score (nSPS) is 32.6. The molecule has 1 saturated carbocycles. The molecule has 0 aromatic carbocycles. The standard InChI is InChI=1S/C9H15NO3/c1-9(10-8(12)13-2)5-3-4-7(9)6-11/h6-7H,3-5H2,1-2H3,(H,10,12)/t7-,9-/m0/s1. The van der Waals surface area contributed by atoms with Crippen molar-refractivity contribution in [3.63, 3.8) is 0 Å². The number of rotatable bonds is 2. The van der Waals surface area contributed by atoms with Crippen molar-refractivity contribution in [2.24, 2.45) is 5.92 Å². The lowest BCUT2D eigenvalue weighted by molar-refractivity contribution is -0.112. The van der Waals surface area contributed by atoms with Gasteiger partial charge in [-0.1, -0.05) is 6.42 Å². The maximum atomic E-state index is 11.0. The van der Waals surface area contributed by atoms with E-state index in [9.17, 15) is 9.59 Å². The lowest BCUT2D eigenvalue weighted by atomic mass is 9.90. The van der Waals surface area contributed by atoms with Crippen LogP contribution < -0.4 is 5.32 Å². The quantitative estimate of drug-likeness (QED) is 0.655. The summed E-state index contributed by atoms with van der Waals surface area (Å²) in [5.41, 5.74) is -0.408. The molecule has 0 unspecified atom stereocenters. The zero-order valence-electron chi connectivity index (χ0n) is 8.00. The van der Waals surface area contributed by atoms with E-state index in [0.717, 1.165) is 25.5 Å². The van der Waals surface area contributed by atoms with Gasteiger partial charge >= 0.3 is 6.09 Å². The van der Waals surface area contributed by atoms with Gasteiger partial charge in [0.25, 0.3) is 0 Å². The first kappa shape index (κ1) is 10.0. The second-order valence-corrected chi connectivity index (χ2v) is 3.67. The van der Waals surface area contributed by atoms with E-state index < -0.39 is 11.6 Å². The summed E-state index contributed by atoms with van der Waals surface area (Å²) in [5.74, 6) is -0.0772. The second kappa shape index (κ2) is 3.77. The first-order valence-corrected chi connectivity index (χ1v) is 4.44. The minimum absolute atomic E-state index is 0.0772. The average Bonchev–Trinajstić information content (AvgIpc) is 2.46. The summed E-state index contributed by atoms with van der Waals surface area (Å²) in [5, 5.41) is 2.71. The van der Waals surface area contributed by atoms with Crippen molar-refractivity contribution in [2.45, 2.75) is 31.7 Å². The van der Waals surface area contributed by atoms with E-state index in [4.69, 9.17) is 0 Å². The zero-order valence-corrected chi connectivity index (χ0v) is 8.00. The van der Waals surface area contributed by atoms with Gasteiger partial charge in [-0.05, 0) is 19.8 Å². The number of aldehydes is 1. The predicted octanol–water partition coefficient (Wildman–Crippen LogP) is 1.10. The third-order valence-corrected chi connectivity index (χ3v) is 2.77. The van der Waals surface area contributed by atoms with Crippen molar-refractivity contribution in [3.05, 3.63) is 0 Å². The van der Waals surface area contributed by atoms with Gasteiger partial charge in [0.15, 0.2) is 0 Å². The topological polar surface area (TPSA) is 55.4 Å². The highest BCUT2D eigenvalue weighted by molar-refractivity contribution is 5.69. The molecule has 1 amide bonds. The molecule has 0 bridgehead atoms. The highest BCUT2D eigenvalue weighted by atomic mass is 16.5. The van der Waals surface area contributed by atoms with E-state index >= 15 is 0 Å². The Bertz CT molecular complexity index is 217. The number of carbonyl (C=O) groups excluding carboxylic acids is 2. The van der Waals surface area contributed by atoms with E-state index in [1.807, 2.05) is 6.92 Å². The van der Waals surface area contributed by atoms with E-state index in [0.29, 0.717) is 0 Å². The van der Waals surface area contributed by atoms with Crippen LogP contribution in [-0.4, -0.2) is 25.0 Å². The molecular weight excluding hydrogens is 170 g/mol. The minimum Gasteiger partial charge on any atom is -0.453 e. The number of ether oxygens (including phenoxy) is 1. The third-order valence-electron chi connectivity index (χ3n) is 2.77. The first-order valence-electron chi connectivity index (χ1n) is 4.44. The number of hydrogen-bond acceptors (Lipinski definition) is 3. The third kappa shape index (κ3) is 1.99. The van der Waals surface area contributed by atoms with Crippen LogP contribution in [-0.2, 0) is 9.53 Å². The summed E-state index contributed by atoms with van der Waals surface area (Å²) in [7, 11) is 1.32. The molecule has 0 aromatic rings. The fourth-order valence-corrected chi connectivity index (χ4v) is 1.85. The van der Waals surface area contributed by atoms with Crippen LogP contribution in [0.2, 0.25) is 0 Å². The van der Waals surface area contributed by atoms with Crippen LogP contribution in [0.15, 0.2) is 0 Å². The van der Waals surface area contributed by atoms with Crippen LogP contribution in [0.3, 0.4) is 0 Å². The molecule has 4 nitrogen and oxygen atoms in total. The molecule has 1 aliphatic rings. The summed E-state index contributed by atoms with van der Waals surface area (Å²) in [6.45, 7) is 1.88. The largest absolute Gasteiger partial charge is 0.453 e. The SMILES string of the molecule is COC(=O)N[C@@]1(C)CCC[C@H]1C=O. The van der Waals surface area contributed by atoms with Crippen molar-refractivity contribution in [1.82, 2.24) is 5.32 Å².